The van der Waals surface area contributed by atoms with Crippen molar-refractivity contribution < 1.29 is 32.0 Å². The molecular weight excluding hydrogens is 182 g/mol. The number of halogens is 1. The van der Waals surface area contributed by atoms with Crippen LogP contribution in [0.1, 0.15) is 6.42 Å². The van der Waals surface area contributed by atoms with Crippen LogP contribution in [-0.2, 0) is 14.3 Å². The number of carbonyl (C=O) groups excluding carboxylic acids is 2. The van der Waals surface area contributed by atoms with E-state index in [9.17, 15) is 9.59 Å². The molecule has 0 bridgehead atoms. The molecule has 1 heterocycles. The van der Waals surface area contributed by atoms with Crippen LogP contribution >= 0.6 is 0 Å². The lowest BCUT2D eigenvalue weighted by atomic mass is 9.98. The Morgan fingerprint density at radius 3 is 2.83 bits per heavy atom. The van der Waals surface area contributed by atoms with Crippen LogP contribution in [0.4, 0.5) is 0 Å². The zero-order chi connectivity index (χ0) is 8.27. The molecule has 1 rings (SSSR count). The summed E-state index contributed by atoms with van der Waals surface area (Å²) in [6.45, 7) is 1.35. The van der Waals surface area contributed by atoms with E-state index in [0.29, 0.717) is 13.0 Å². The molecule has 1 aliphatic heterocycles. The van der Waals surface area contributed by atoms with Gasteiger partial charge in [0.05, 0.1) is 26.6 Å². The zero-order valence-corrected chi connectivity index (χ0v) is 7.63. The second kappa shape index (κ2) is 5.11. The van der Waals surface area contributed by atoms with Crippen molar-refractivity contribution in [2.45, 2.75) is 6.42 Å². The molecule has 0 aromatic heterocycles. The predicted octanol–water partition coefficient (Wildman–Crippen LogP) is -4.68. The molecule has 1 fully saturated rings. The molecule has 1 aliphatic rings. The van der Waals surface area contributed by atoms with Crippen molar-refractivity contribution in [2.24, 2.45) is 5.92 Å². The number of ketones is 1. The van der Waals surface area contributed by atoms with Crippen LogP contribution in [0.3, 0.4) is 0 Å². The van der Waals surface area contributed by atoms with Gasteiger partial charge in [-0.3, -0.25) is 9.59 Å². The van der Waals surface area contributed by atoms with Gasteiger partial charge in [-0.25, -0.2) is 0 Å². The summed E-state index contributed by atoms with van der Waals surface area (Å²) in [5.74, 6) is -0.904. The number of hydrogen-bond acceptors (Lipinski definition) is 3. The van der Waals surface area contributed by atoms with Crippen LogP contribution in [0.5, 0.6) is 0 Å². The van der Waals surface area contributed by atoms with Gasteiger partial charge in [0.25, 0.3) is 0 Å². The van der Waals surface area contributed by atoms with E-state index in [2.05, 4.69) is 4.74 Å². The van der Waals surface area contributed by atoms with E-state index in [1.54, 1.807) is 0 Å². The summed E-state index contributed by atoms with van der Waals surface area (Å²) in [6, 6.07) is 0. The monoisotopic (exact) mass is 193 g/mol. The summed E-state index contributed by atoms with van der Waals surface area (Å²) in [5, 5.41) is 1.96. The van der Waals surface area contributed by atoms with Crippen molar-refractivity contribution in [3.8, 4) is 0 Å². The van der Waals surface area contributed by atoms with E-state index in [1.807, 2.05) is 5.32 Å². The van der Waals surface area contributed by atoms with Crippen molar-refractivity contribution in [1.82, 2.24) is 0 Å². The van der Waals surface area contributed by atoms with Gasteiger partial charge in [-0.2, -0.15) is 0 Å². The van der Waals surface area contributed by atoms with E-state index in [4.69, 9.17) is 0 Å². The van der Waals surface area contributed by atoms with Crippen LogP contribution in [0.2, 0.25) is 0 Å². The number of hydrogen-bond donors (Lipinski definition) is 1. The van der Waals surface area contributed by atoms with Crippen LogP contribution in [0.25, 0.3) is 0 Å². The lowest BCUT2D eigenvalue weighted by molar-refractivity contribution is -0.660. The van der Waals surface area contributed by atoms with Crippen molar-refractivity contribution in [2.75, 3.05) is 20.2 Å². The van der Waals surface area contributed by atoms with Gasteiger partial charge in [-0.1, -0.05) is 0 Å². The smallest absolute Gasteiger partial charge is 0.322 e. The second-order valence-electron chi connectivity index (χ2n) is 2.61. The average molecular weight is 194 g/mol. The summed E-state index contributed by atoms with van der Waals surface area (Å²) in [6.07, 6.45) is 0.486. The molecule has 0 aromatic carbocycles. The molecule has 5 heteroatoms. The van der Waals surface area contributed by atoms with Crippen molar-refractivity contribution in [3.63, 3.8) is 0 Å². The standard InChI is InChI=1S/C7H11NO3.ClH/c1-11-7(10)5-4-8-3-2-6(5)9;/h5,8H,2-4H2,1H3;1H. The van der Waals surface area contributed by atoms with Gasteiger partial charge < -0.3 is 22.5 Å². The predicted molar refractivity (Wildman–Crippen MR) is 36.8 cm³/mol. The van der Waals surface area contributed by atoms with E-state index >= 15 is 0 Å². The zero-order valence-electron chi connectivity index (χ0n) is 6.88. The number of quaternary nitrogens is 1. The molecule has 1 atom stereocenters. The molecule has 2 N–H and O–H groups in total. The number of esters is 1. The number of rotatable bonds is 1. The largest absolute Gasteiger partial charge is 1.00 e. The second-order valence-corrected chi connectivity index (χ2v) is 2.61. The Bertz CT molecular complexity index is 175. The average Bonchev–Trinajstić information content (AvgIpc) is 2.04. The van der Waals surface area contributed by atoms with Crippen LogP contribution in [0.15, 0.2) is 0 Å². The third-order valence-corrected chi connectivity index (χ3v) is 1.87. The molecular formula is C7H12ClNO3. The number of methoxy groups -OCH3 is 1. The third-order valence-electron chi connectivity index (χ3n) is 1.87. The van der Waals surface area contributed by atoms with Crippen molar-refractivity contribution >= 4 is 11.8 Å². The van der Waals surface area contributed by atoms with Crippen LogP contribution in [0, 0.1) is 5.92 Å². The number of Topliss-reactive ketones (excluding diaryl/α,β-unsaturated/α-hetero) is 1. The van der Waals surface area contributed by atoms with Crippen LogP contribution < -0.4 is 17.7 Å². The molecule has 70 valence electrons. The highest BCUT2D eigenvalue weighted by Gasteiger charge is 2.31. The number of nitrogens with two attached hydrogens (primary N) is 1. The van der Waals surface area contributed by atoms with Gasteiger partial charge in [0, 0.05) is 0 Å². The summed E-state index contributed by atoms with van der Waals surface area (Å²) in [7, 11) is 1.31. The fraction of sp³-hybridized carbons (Fsp3) is 0.714. The van der Waals surface area contributed by atoms with Gasteiger partial charge in [-0.15, -0.1) is 0 Å². The Morgan fingerprint density at radius 2 is 2.33 bits per heavy atom. The van der Waals surface area contributed by atoms with E-state index < -0.39 is 11.9 Å². The number of carbonyl (C=O) groups is 2. The van der Waals surface area contributed by atoms with Gasteiger partial charge in [-0.05, 0) is 0 Å². The topological polar surface area (TPSA) is 60.0 Å². The van der Waals surface area contributed by atoms with E-state index in [0.717, 1.165) is 6.54 Å². The number of ether oxygens (including phenoxy) is 1. The molecule has 4 nitrogen and oxygen atoms in total. The first-order chi connectivity index (χ1) is 5.25. The van der Waals surface area contributed by atoms with E-state index in [-0.39, 0.29) is 18.2 Å². The van der Waals surface area contributed by atoms with E-state index in [1.165, 1.54) is 7.11 Å². The normalized spacial score (nSPS) is 22.8. The quantitative estimate of drug-likeness (QED) is 0.337. The maximum Gasteiger partial charge on any atom is 0.322 e. The lowest BCUT2D eigenvalue weighted by Crippen LogP contribution is -3.00. The van der Waals surface area contributed by atoms with Crippen molar-refractivity contribution in [3.05, 3.63) is 0 Å². The van der Waals surface area contributed by atoms with Gasteiger partial charge in [0.2, 0.25) is 0 Å². The first kappa shape index (κ1) is 11.4. The first-order valence-corrected chi connectivity index (χ1v) is 3.68. The fourth-order valence-corrected chi connectivity index (χ4v) is 1.20. The minimum atomic E-state index is -0.520. The first-order valence-electron chi connectivity index (χ1n) is 3.68. The molecule has 0 amide bonds. The molecule has 1 saturated heterocycles. The fourth-order valence-electron chi connectivity index (χ4n) is 1.20. The molecule has 0 radical (unpaired) electrons. The van der Waals surface area contributed by atoms with Gasteiger partial charge in [0.1, 0.15) is 0 Å². The molecule has 1 unspecified atom stereocenters. The number of piperidine rings is 1. The van der Waals surface area contributed by atoms with Crippen molar-refractivity contribution in [1.29, 1.82) is 0 Å². The third kappa shape index (κ3) is 2.46. The summed E-state index contributed by atoms with van der Waals surface area (Å²) in [4.78, 5) is 22.0. The lowest BCUT2D eigenvalue weighted by Gasteiger charge is -2.16. The Hall–Kier alpha value is -0.610. The summed E-state index contributed by atoms with van der Waals surface area (Å²) >= 11 is 0. The highest BCUT2D eigenvalue weighted by Crippen LogP contribution is 2.03. The molecule has 0 aliphatic carbocycles. The molecule has 0 saturated carbocycles. The molecule has 12 heavy (non-hydrogen) atoms. The maximum absolute atomic E-state index is 11.1. The maximum atomic E-state index is 11.1. The Kier molecular flexibility index (Phi) is 4.85. The highest BCUT2D eigenvalue weighted by atomic mass is 35.5. The molecule has 0 aromatic rings. The minimum absolute atomic E-state index is 0. The van der Waals surface area contributed by atoms with Gasteiger partial charge >= 0.3 is 5.97 Å². The SMILES string of the molecule is COC(=O)C1C[NH2+]CCC1=O.[Cl-]. The Labute approximate surface area is 77.1 Å². The Balaban J connectivity index is 0.00000121. The Morgan fingerprint density at radius 1 is 1.67 bits per heavy atom. The minimum Gasteiger partial charge on any atom is -1.00 e. The summed E-state index contributed by atoms with van der Waals surface area (Å²) < 4.78 is 4.48. The molecule has 0 spiro atoms. The summed E-state index contributed by atoms with van der Waals surface area (Å²) in [5.41, 5.74) is 0. The van der Waals surface area contributed by atoms with Gasteiger partial charge in [0.15, 0.2) is 11.7 Å². The van der Waals surface area contributed by atoms with Crippen LogP contribution in [-0.4, -0.2) is 32.0 Å². The highest BCUT2D eigenvalue weighted by molar-refractivity contribution is 5.99.